The molecular weight excluding hydrogens is 332 g/mol. The summed E-state index contributed by atoms with van der Waals surface area (Å²) in [4.78, 5) is 17.7. The molecule has 2 aromatic carbocycles. The quantitative estimate of drug-likeness (QED) is 0.638. The van der Waals surface area contributed by atoms with Gasteiger partial charge in [-0.15, -0.1) is 0 Å². The Labute approximate surface area is 160 Å². The van der Waals surface area contributed by atoms with E-state index in [1.807, 2.05) is 48.5 Å². The van der Waals surface area contributed by atoms with E-state index in [0.29, 0.717) is 0 Å². The summed E-state index contributed by atoms with van der Waals surface area (Å²) in [6, 6.07) is 20.1. The van der Waals surface area contributed by atoms with Crippen LogP contribution in [0, 0.1) is 5.41 Å². The highest BCUT2D eigenvalue weighted by atomic mass is 16.2. The van der Waals surface area contributed by atoms with Gasteiger partial charge in [0, 0.05) is 5.39 Å². The molecule has 1 aliphatic carbocycles. The maximum absolute atomic E-state index is 13.3. The SMILES string of the molecule is O=C(Nc1cnc2ccccc2c1)C1(C=Cc2ccccc2)CCCCC1. The Morgan fingerprint density at radius 1 is 0.963 bits per heavy atom. The fourth-order valence-electron chi connectivity index (χ4n) is 3.87. The molecule has 1 saturated carbocycles. The fraction of sp³-hybridized carbons (Fsp3) is 0.250. The minimum atomic E-state index is -0.445. The molecule has 3 heteroatoms. The Balaban J connectivity index is 1.59. The van der Waals surface area contributed by atoms with Crippen LogP contribution in [0.5, 0.6) is 0 Å². The number of nitrogens with one attached hydrogen (secondary N) is 1. The fourth-order valence-corrected chi connectivity index (χ4v) is 3.87. The highest BCUT2D eigenvalue weighted by Gasteiger charge is 2.37. The Bertz CT molecular complexity index is 956. The van der Waals surface area contributed by atoms with Gasteiger partial charge in [0.2, 0.25) is 5.91 Å². The van der Waals surface area contributed by atoms with Gasteiger partial charge in [0.25, 0.3) is 0 Å². The maximum Gasteiger partial charge on any atom is 0.234 e. The molecule has 4 rings (SSSR count). The van der Waals surface area contributed by atoms with Crippen molar-refractivity contribution in [3.05, 3.63) is 78.5 Å². The number of nitrogens with zero attached hydrogens (tertiary/aromatic N) is 1. The van der Waals surface area contributed by atoms with Crippen LogP contribution in [-0.2, 0) is 4.79 Å². The molecule has 3 aromatic rings. The number of benzene rings is 2. The molecule has 0 spiro atoms. The zero-order valence-electron chi connectivity index (χ0n) is 15.4. The van der Waals surface area contributed by atoms with Crippen molar-refractivity contribution in [3.63, 3.8) is 0 Å². The lowest BCUT2D eigenvalue weighted by Crippen LogP contribution is -2.36. The number of hydrogen-bond acceptors (Lipinski definition) is 2. The first-order valence-electron chi connectivity index (χ1n) is 9.66. The molecule has 1 fully saturated rings. The van der Waals surface area contributed by atoms with E-state index in [2.05, 4.69) is 34.6 Å². The van der Waals surface area contributed by atoms with Crippen LogP contribution in [0.1, 0.15) is 37.7 Å². The van der Waals surface area contributed by atoms with E-state index in [0.717, 1.165) is 47.8 Å². The van der Waals surface area contributed by atoms with Gasteiger partial charge in [-0.05, 0) is 30.5 Å². The normalized spacial score (nSPS) is 16.4. The number of carbonyl (C=O) groups is 1. The topological polar surface area (TPSA) is 42.0 Å². The van der Waals surface area contributed by atoms with E-state index in [4.69, 9.17) is 0 Å². The molecule has 136 valence electrons. The monoisotopic (exact) mass is 356 g/mol. The van der Waals surface area contributed by atoms with Gasteiger partial charge in [-0.3, -0.25) is 9.78 Å². The van der Waals surface area contributed by atoms with Gasteiger partial charge in [-0.25, -0.2) is 0 Å². The van der Waals surface area contributed by atoms with E-state index < -0.39 is 5.41 Å². The van der Waals surface area contributed by atoms with Gasteiger partial charge in [-0.1, -0.05) is 79.9 Å². The third-order valence-corrected chi connectivity index (χ3v) is 5.44. The van der Waals surface area contributed by atoms with Crippen molar-refractivity contribution >= 4 is 28.6 Å². The molecular formula is C24H24N2O. The van der Waals surface area contributed by atoms with Crippen LogP contribution >= 0.6 is 0 Å². The lowest BCUT2D eigenvalue weighted by atomic mass is 9.73. The number of anilines is 1. The summed E-state index contributed by atoms with van der Waals surface area (Å²) in [5.74, 6) is 0.0754. The summed E-state index contributed by atoms with van der Waals surface area (Å²) in [6.45, 7) is 0. The minimum Gasteiger partial charge on any atom is -0.324 e. The number of carbonyl (C=O) groups excluding carboxylic acids is 1. The van der Waals surface area contributed by atoms with Crippen molar-refractivity contribution in [3.8, 4) is 0 Å². The number of rotatable bonds is 4. The number of hydrogen-bond donors (Lipinski definition) is 1. The standard InChI is InChI=1S/C24H24N2O/c27-23(26-21-17-20-11-5-6-12-22(20)25-18-21)24(14-7-2-8-15-24)16-13-19-9-3-1-4-10-19/h1,3-6,9-13,16-18H,2,7-8,14-15H2,(H,26,27). The van der Waals surface area contributed by atoms with E-state index >= 15 is 0 Å². The number of pyridine rings is 1. The average molecular weight is 356 g/mol. The van der Waals surface area contributed by atoms with Gasteiger partial charge >= 0.3 is 0 Å². The van der Waals surface area contributed by atoms with E-state index in [9.17, 15) is 4.79 Å². The third kappa shape index (κ3) is 3.92. The molecule has 1 heterocycles. The average Bonchev–Trinajstić information content (AvgIpc) is 2.73. The second kappa shape index (κ2) is 7.75. The Kier molecular flexibility index (Phi) is 5.01. The van der Waals surface area contributed by atoms with E-state index in [-0.39, 0.29) is 5.91 Å². The molecule has 1 N–H and O–H groups in total. The molecule has 0 bridgehead atoms. The van der Waals surface area contributed by atoms with Crippen LogP contribution in [0.3, 0.4) is 0 Å². The van der Waals surface area contributed by atoms with Crippen molar-refractivity contribution in [2.24, 2.45) is 5.41 Å². The first kappa shape index (κ1) is 17.5. The number of amides is 1. The zero-order valence-corrected chi connectivity index (χ0v) is 15.4. The summed E-state index contributed by atoms with van der Waals surface area (Å²) < 4.78 is 0. The third-order valence-electron chi connectivity index (χ3n) is 5.44. The molecule has 27 heavy (non-hydrogen) atoms. The second-order valence-electron chi connectivity index (χ2n) is 7.33. The highest BCUT2D eigenvalue weighted by Crippen LogP contribution is 2.39. The van der Waals surface area contributed by atoms with Crippen molar-refractivity contribution < 1.29 is 4.79 Å². The molecule has 1 amide bonds. The minimum absolute atomic E-state index is 0.0754. The first-order valence-corrected chi connectivity index (χ1v) is 9.66. The van der Waals surface area contributed by atoms with Crippen LogP contribution < -0.4 is 5.32 Å². The molecule has 3 nitrogen and oxygen atoms in total. The van der Waals surface area contributed by atoms with Gasteiger partial charge in [0.1, 0.15) is 0 Å². The summed E-state index contributed by atoms with van der Waals surface area (Å²) >= 11 is 0. The Morgan fingerprint density at radius 3 is 2.52 bits per heavy atom. The summed E-state index contributed by atoms with van der Waals surface area (Å²) in [6.07, 6.45) is 11.1. The van der Waals surface area contributed by atoms with Crippen LogP contribution in [0.4, 0.5) is 5.69 Å². The van der Waals surface area contributed by atoms with Crippen LogP contribution in [-0.4, -0.2) is 10.9 Å². The van der Waals surface area contributed by atoms with Gasteiger partial charge in [0.05, 0.1) is 22.8 Å². The van der Waals surface area contributed by atoms with Gasteiger partial charge in [-0.2, -0.15) is 0 Å². The second-order valence-corrected chi connectivity index (χ2v) is 7.33. The summed E-state index contributed by atoms with van der Waals surface area (Å²) in [5, 5.41) is 4.16. The zero-order chi connectivity index (χ0) is 18.5. The van der Waals surface area contributed by atoms with Crippen molar-refractivity contribution in [1.82, 2.24) is 4.98 Å². The predicted octanol–water partition coefficient (Wildman–Crippen LogP) is 5.84. The molecule has 0 aliphatic heterocycles. The number of para-hydroxylation sites is 1. The van der Waals surface area contributed by atoms with E-state index in [1.54, 1.807) is 6.20 Å². The van der Waals surface area contributed by atoms with Crippen molar-refractivity contribution in [2.75, 3.05) is 5.32 Å². The molecule has 1 aliphatic rings. The molecule has 0 saturated heterocycles. The Morgan fingerprint density at radius 2 is 1.70 bits per heavy atom. The van der Waals surface area contributed by atoms with E-state index in [1.165, 1.54) is 6.42 Å². The summed E-state index contributed by atoms with van der Waals surface area (Å²) in [5.41, 5.74) is 2.38. The lowest BCUT2D eigenvalue weighted by molar-refractivity contribution is -0.124. The van der Waals surface area contributed by atoms with Crippen LogP contribution in [0.25, 0.3) is 17.0 Å². The first-order chi connectivity index (χ1) is 13.3. The van der Waals surface area contributed by atoms with Gasteiger partial charge in [0.15, 0.2) is 0 Å². The van der Waals surface area contributed by atoms with Crippen LogP contribution in [0.2, 0.25) is 0 Å². The number of aromatic nitrogens is 1. The molecule has 0 atom stereocenters. The summed E-state index contributed by atoms with van der Waals surface area (Å²) in [7, 11) is 0. The smallest absolute Gasteiger partial charge is 0.234 e. The number of fused-ring (bicyclic) bond motifs is 1. The highest BCUT2D eigenvalue weighted by molar-refractivity contribution is 5.98. The lowest BCUT2D eigenvalue weighted by Gasteiger charge is -2.33. The predicted molar refractivity (Wildman–Crippen MR) is 111 cm³/mol. The van der Waals surface area contributed by atoms with Crippen LogP contribution in [0.15, 0.2) is 72.9 Å². The van der Waals surface area contributed by atoms with Crippen molar-refractivity contribution in [2.45, 2.75) is 32.1 Å². The molecule has 0 radical (unpaired) electrons. The van der Waals surface area contributed by atoms with Gasteiger partial charge < -0.3 is 5.32 Å². The van der Waals surface area contributed by atoms with Crippen molar-refractivity contribution in [1.29, 1.82) is 0 Å². The maximum atomic E-state index is 13.3. The molecule has 0 unspecified atom stereocenters. The largest absolute Gasteiger partial charge is 0.324 e. The Hall–Kier alpha value is -2.94. The molecule has 1 aromatic heterocycles.